The molecular formula is C5H9N. The molecule has 0 unspecified atom stereocenters. The second kappa shape index (κ2) is 1.61. The molecule has 1 fully saturated rings. The zero-order valence-electron chi connectivity index (χ0n) is 4.02. The van der Waals surface area contributed by atoms with Crippen LogP contribution in [0.25, 0.3) is 0 Å². The van der Waals surface area contributed by atoms with E-state index in [9.17, 15) is 0 Å². The largest absolute Gasteiger partial charge is 0.297 e. The summed E-state index contributed by atoms with van der Waals surface area (Å²) in [4.78, 5) is 2.11. The molecule has 0 saturated carbocycles. The van der Waals surface area contributed by atoms with Crippen molar-refractivity contribution in [3.63, 3.8) is 0 Å². The highest BCUT2D eigenvalue weighted by molar-refractivity contribution is 4.81. The molecule has 0 N–H and O–H groups in total. The third-order valence-electron chi connectivity index (χ3n) is 1.00. The lowest BCUT2D eigenvalue weighted by atomic mass is 10.4. The Balaban J connectivity index is 2.18. The smallest absolute Gasteiger partial charge is 0.0252 e. The van der Waals surface area contributed by atoms with Gasteiger partial charge in [0.15, 0.2) is 0 Å². The van der Waals surface area contributed by atoms with E-state index in [1.54, 1.807) is 0 Å². The lowest BCUT2D eigenvalue weighted by Crippen LogP contribution is -2.00. The summed E-state index contributed by atoms with van der Waals surface area (Å²) in [5, 5.41) is 0. The molecule has 0 aromatic heterocycles. The van der Waals surface area contributed by atoms with Gasteiger partial charge >= 0.3 is 0 Å². The lowest BCUT2D eigenvalue weighted by molar-refractivity contribution is 0.542. The molecule has 1 heterocycles. The molecule has 0 aliphatic carbocycles. The van der Waals surface area contributed by atoms with Gasteiger partial charge < -0.3 is 0 Å². The molecule has 0 atom stereocenters. The fraction of sp³-hybridized carbons (Fsp3) is 0.600. The molecule has 1 aliphatic rings. The molecule has 0 bridgehead atoms. The third kappa shape index (κ3) is 0.716. The monoisotopic (exact) mass is 83.1 g/mol. The van der Waals surface area contributed by atoms with Crippen LogP contribution < -0.4 is 0 Å². The number of likely N-dealkylation sites (tertiary alicyclic amines) is 1. The van der Waals surface area contributed by atoms with E-state index in [1.807, 2.05) is 0 Å². The maximum absolute atomic E-state index is 2.18. The second-order valence-electron chi connectivity index (χ2n) is 1.61. The topological polar surface area (TPSA) is 3.24 Å². The van der Waals surface area contributed by atoms with Crippen molar-refractivity contribution in [1.29, 1.82) is 0 Å². The van der Waals surface area contributed by atoms with Gasteiger partial charge in [-0.25, -0.2) is 0 Å². The van der Waals surface area contributed by atoms with Crippen molar-refractivity contribution >= 4 is 0 Å². The summed E-state index contributed by atoms with van der Waals surface area (Å²) in [6, 6.07) is 0. The normalized spacial score (nSPS) is 25.5. The lowest BCUT2D eigenvalue weighted by Gasteiger charge is -1.99. The Kier molecular flexibility index (Phi) is 1.10. The van der Waals surface area contributed by atoms with Crippen molar-refractivity contribution in [1.82, 2.24) is 4.90 Å². The minimum atomic E-state index is 1.23. The Bertz CT molecular complexity index is 37.2. The van der Waals surface area contributed by atoms with Gasteiger partial charge in [-0.05, 0) is 19.9 Å². The van der Waals surface area contributed by atoms with Crippen LogP contribution in [0.15, 0.2) is 0 Å². The number of nitrogens with zero attached hydrogens (tertiary/aromatic N) is 1. The van der Waals surface area contributed by atoms with E-state index in [0.29, 0.717) is 0 Å². The molecule has 0 aromatic carbocycles. The predicted octanol–water partition coefficient (Wildman–Crippen LogP) is 1.04. The van der Waals surface area contributed by atoms with Gasteiger partial charge in [0.1, 0.15) is 0 Å². The zero-order chi connectivity index (χ0) is 4.41. The van der Waals surface area contributed by atoms with Gasteiger partial charge in [-0.1, -0.05) is 0 Å². The molecule has 1 heteroatoms. The Morgan fingerprint density at radius 1 is 1.33 bits per heavy atom. The minimum Gasteiger partial charge on any atom is -0.297 e. The number of hydrogen-bond donors (Lipinski definition) is 0. The molecule has 1 nitrogen and oxygen atoms in total. The molecule has 0 amide bonds. The molecule has 2 radical (unpaired) electrons. The van der Waals surface area contributed by atoms with Gasteiger partial charge in [-0.2, -0.15) is 0 Å². The van der Waals surface area contributed by atoms with E-state index in [1.165, 1.54) is 12.8 Å². The summed E-state index contributed by atoms with van der Waals surface area (Å²) in [6.07, 6.45) is 2.47. The fourth-order valence-electron chi connectivity index (χ4n) is 0.631. The molecule has 1 saturated heterocycles. The third-order valence-corrected chi connectivity index (χ3v) is 1.00. The highest BCUT2D eigenvalue weighted by Gasteiger charge is 2.04. The van der Waals surface area contributed by atoms with Crippen molar-refractivity contribution in [3.8, 4) is 0 Å². The van der Waals surface area contributed by atoms with Crippen molar-refractivity contribution in [3.05, 3.63) is 13.1 Å². The first-order valence-corrected chi connectivity index (χ1v) is 2.28. The van der Waals surface area contributed by atoms with Crippen LogP contribution >= 0.6 is 0 Å². The summed E-state index contributed by atoms with van der Waals surface area (Å²) in [6.45, 7) is 4.36. The molecule has 6 heavy (non-hydrogen) atoms. The van der Waals surface area contributed by atoms with Crippen LogP contribution in [-0.2, 0) is 0 Å². The average Bonchev–Trinajstić information content (AvgIpc) is 1.86. The Morgan fingerprint density at radius 3 is 2.00 bits per heavy atom. The summed E-state index contributed by atoms with van der Waals surface area (Å²) < 4.78 is 0. The predicted molar refractivity (Wildman–Crippen MR) is 25.6 cm³/mol. The summed E-state index contributed by atoms with van der Waals surface area (Å²) in [5.74, 6) is 0. The van der Waals surface area contributed by atoms with E-state index in [4.69, 9.17) is 0 Å². The second-order valence-corrected chi connectivity index (χ2v) is 1.61. The zero-order valence-corrected chi connectivity index (χ0v) is 4.02. The van der Waals surface area contributed by atoms with Crippen LogP contribution in [0.4, 0.5) is 0 Å². The van der Waals surface area contributed by atoms with Crippen LogP contribution in [0.3, 0.4) is 0 Å². The van der Waals surface area contributed by atoms with Crippen molar-refractivity contribution < 1.29 is 0 Å². The van der Waals surface area contributed by atoms with Crippen molar-refractivity contribution in [2.45, 2.75) is 12.8 Å². The van der Waals surface area contributed by atoms with E-state index >= 15 is 0 Å². The van der Waals surface area contributed by atoms with Crippen molar-refractivity contribution in [2.75, 3.05) is 7.05 Å². The van der Waals surface area contributed by atoms with Crippen LogP contribution in [-0.4, -0.2) is 11.9 Å². The highest BCUT2D eigenvalue weighted by Crippen LogP contribution is 2.12. The first-order valence-electron chi connectivity index (χ1n) is 2.28. The van der Waals surface area contributed by atoms with E-state index in [0.717, 1.165) is 0 Å². The highest BCUT2D eigenvalue weighted by atomic mass is 15.1. The quantitative estimate of drug-likeness (QED) is 0.423. The Labute approximate surface area is 39.0 Å². The molecule has 34 valence electrons. The van der Waals surface area contributed by atoms with Gasteiger partial charge in [0.05, 0.1) is 0 Å². The molecule has 1 rings (SSSR count). The van der Waals surface area contributed by atoms with Crippen LogP contribution in [0.1, 0.15) is 12.8 Å². The summed E-state index contributed by atoms with van der Waals surface area (Å²) in [7, 11) is 2.06. The fourth-order valence-corrected chi connectivity index (χ4v) is 0.631. The van der Waals surface area contributed by atoms with Crippen LogP contribution in [0.2, 0.25) is 0 Å². The van der Waals surface area contributed by atoms with Gasteiger partial charge in [-0.3, -0.25) is 4.90 Å². The SMILES string of the molecule is CN1[CH]CC[CH]1. The minimum absolute atomic E-state index is 1.23. The van der Waals surface area contributed by atoms with E-state index in [2.05, 4.69) is 25.0 Å². The van der Waals surface area contributed by atoms with Crippen LogP contribution in [0.5, 0.6) is 0 Å². The molecule has 1 aliphatic heterocycles. The Hall–Kier alpha value is -0.0400. The molecular weight excluding hydrogens is 74.1 g/mol. The maximum atomic E-state index is 2.18. The average molecular weight is 83.1 g/mol. The maximum Gasteiger partial charge on any atom is 0.0252 e. The van der Waals surface area contributed by atoms with Gasteiger partial charge in [0, 0.05) is 13.1 Å². The van der Waals surface area contributed by atoms with Crippen LogP contribution in [0, 0.1) is 13.1 Å². The first kappa shape index (κ1) is 4.13. The van der Waals surface area contributed by atoms with E-state index in [-0.39, 0.29) is 0 Å². The molecule has 0 spiro atoms. The molecule has 0 aromatic rings. The first-order chi connectivity index (χ1) is 2.89. The van der Waals surface area contributed by atoms with Gasteiger partial charge in [0.25, 0.3) is 0 Å². The van der Waals surface area contributed by atoms with Crippen molar-refractivity contribution in [2.24, 2.45) is 0 Å². The standard InChI is InChI=1S/C5H9N/c1-6-4-2-3-5-6/h4-5H,2-3H2,1H3. The summed E-state index contributed by atoms with van der Waals surface area (Å²) >= 11 is 0. The van der Waals surface area contributed by atoms with Gasteiger partial charge in [-0.15, -0.1) is 0 Å². The number of hydrogen-bond acceptors (Lipinski definition) is 1. The number of rotatable bonds is 0. The summed E-state index contributed by atoms with van der Waals surface area (Å²) in [5.41, 5.74) is 0. The Morgan fingerprint density at radius 2 is 1.83 bits per heavy atom. The van der Waals surface area contributed by atoms with Gasteiger partial charge in [0.2, 0.25) is 0 Å². The van der Waals surface area contributed by atoms with E-state index < -0.39 is 0 Å².